The molecule has 0 aliphatic carbocycles. The Bertz CT molecular complexity index is 618. The van der Waals surface area contributed by atoms with E-state index in [-0.39, 0.29) is 17.0 Å². The van der Waals surface area contributed by atoms with E-state index in [1.807, 2.05) is 12.1 Å². The Morgan fingerprint density at radius 1 is 0.913 bits per heavy atom. The van der Waals surface area contributed by atoms with Crippen LogP contribution in [0.1, 0.15) is 49.5 Å². The van der Waals surface area contributed by atoms with Gasteiger partial charge in [0.15, 0.2) is 0 Å². The molecular formula is C20H23Cl2N. The van der Waals surface area contributed by atoms with Crippen LogP contribution in [-0.2, 0) is 0 Å². The van der Waals surface area contributed by atoms with E-state index in [1.165, 1.54) is 16.7 Å². The molecule has 1 nitrogen and oxygen atoms in total. The summed E-state index contributed by atoms with van der Waals surface area (Å²) in [5.41, 5.74) is 3.78. The molecule has 0 unspecified atom stereocenters. The van der Waals surface area contributed by atoms with Crippen LogP contribution in [0, 0.1) is 6.92 Å². The highest BCUT2D eigenvalue weighted by Crippen LogP contribution is 2.60. The fourth-order valence-electron chi connectivity index (χ4n) is 3.79. The minimum Gasteiger partial charge on any atom is -0.283 e. The molecule has 3 atom stereocenters. The maximum absolute atomic E-state index is 7.05. The SMILES string of the molecule is Cc1ccc([C@@H]2N(C(C)C)[C@H](c3ccc(Cl)cc3)[C@@]2(C)Cl)cc1. The van der Waals surface area contributed by atoms with Crippen molar-refractivity contribution in [2.24, 2.45) is 0 Å². The molecule has 0 bridgehead atoms. The molecule has 3 heteroatoms. The molecule has 23 heavy (non-hydrogen) atoms. The lowest BCUT2D eigenvalue weighted by atomic mass is 9.72. The zero-order valence-electron chi connectivity index (χ0n) is 14.1. The fourth-order valence-corrected chi connectivity index (χ4v) is 4.39. The number of hydrogen-bond donors (Lipinski definition) is 0. The van der Waals surface area contributed by atoms with Gasteiger partial charge in [-0.15, -0.1) is 11.6 Å². The maximum atomic E-state index is 7.05. The monoisotopic (exact) mass is 347 g/mol. The molecule has 122 valence electrons. The Kier molecular flexibility index (Phi) is 4.48. The minimum absolute atomic E-state index is 0.188. The summed E-state index contributed by atoms with van der Waals surface area (Å²) in [5, 5.41) is 0.760. The number of hydrogen-bond acceptors (Lipinski definition) is 1. The average molecular weight is 348 g/mol. The van der Waals surface area contributed by atoms with E-state index in [9.17, 15) is 0 Å². The van der Waals surface area contributed by atoms with Gasteiger partial charge >= 0.3 is 0 Å². The van der Waals surface area contributed by atoms with Crippen molar-refractivity contribution in [2.75, 3.05) is 0 Å². The molecule has 1 heterocycles. The fraction of sp³-hybridized carbons (Fsp3) is 0.400. The molecule has 0 N–H and O–H groups in total. The highest BCUT2D eigenvalue weighted by Gasteiger charge is 2.58. The van der Waals surface area contributed by atoms with Gasteiger partial charge in [0.1, 0.15) is 0 Å². The summed E-state index contributed by atoms with van der Waals surface area (Å²) in [6.45, 7) is 8.73. The molecule has 1 aliphatic heterocycles. The Labute approximate surface area is 149 Å². The second-order valence-electron chi connectivity index (χ2n) is 6.96. The number of aryl methyl sites for hydroxylation is 1. The summed E-state index contributed by atoms with van der Waals surface area (Å²) in [4.78, 5) is 2.16. The maximum Gasteiger partial charge on any atom is 0.0811 e. The average Bonchev–Trinajstić information content (AvgIpc) is 2.49. The second-order valence-corrected chi connectivity index (χ2v) is 8.21. The van der Waals surface area contributed by atoms with Crippen LogP contribution < -0.4 is 0 Å². The van der Waals surface area contributed by atoms with E-state index in [1.54, 1.807) is 0 Å². The molecule has 0 saturated carbocycles. The highest BCUT2D eigenvalue weighted by atomic mass is 35.5. The van der Waals surface area contributed by atoms with Gasteiger partial charge < -0.3 is 0 Å². The van der Waals surface area contributed by atoms with Crippen LogP contribution in [0.4, 0.5) is 0 Å². The summed E-state index contributed by atoms with van der Waals surface area (Å²) >= 11 is 13.1. The van der Waals surface area contributed by atoms with Crippen molar-refractivity contribution in [3.05, 3.63) is 70.2 Å². The smallest absolute Gasteiger partial charge is 0.0811 e. The van der Waals surface area contributed by atoms with Crippen LogP contribution in [-0.4, -0.2) is 15.8 Å². The number of rotatable bonds is 3. The molecule has 2 aromatic carbocycles. The van der Waals surface area contributed by atoms with Crippen molar-refractivity contribution in [1.29, 1.82) is 0 Å². The van der Waals surface area contributed by atoms with Crippen molar-refractivity contribution < 1.29 is 0 Å². The topological polar surface area (TPSA) is 3.24 Å². The van der Waals surface area contributed by atoms with E-state index in [4.69, 9.17) is 23.2 Å². The van der Waals surface area contributed by atoms with E-state index < -0.39 is 0 Å². The number of halogens is 2. The van der Waals surface area contributed by atoms with Gasteiger partial charge in [0, 0.05) is 11.1 Å². The number of alkyl halides is 1. The standard InChI is InChI=1S/C20H23Cl2N/c1-13(2)23-18(15-7-5-14(3)6-8-15)20(4,22)19(23)16-9-11-17(21)12-10-16/h5-13,18-19H,1-4H3/t18-,19+,20-/m0/s1. The molecule has 1 saturated heterocycles. The van der Waals surface area contributed by atoms with Crippen molar-refractivity contribution in [1.82, 2.24) is 4.90 Å². The number of benzene rings is 2. The van der Waals surface area contributed by atoms with Crippen LogP contribution in [0.5, 0.6) is 0 Å². The molecule has 2 aromatic rings. The summed E-state index contributed by atoms with van der Waals surface area (Å²) in [6, 6.07) is 17.6. The zero-order chi connectivity index (χ0) is 16.8. The van der Waals surface area contributed by atoms with Crippen LogP contribution in [0.25, 0.3) is 0 Å². The first-order valence-corrected chi connectivity index (χ1v) is 8.86. The lowest BCUT2D eigenvalue weighted by Gasteiger charge is -2.61. The van der Waals surface area contributed by atoms with E-state index in [0.29, 0.717) is 6.04 Å². The molecule has 0 spiro atoms. The van der Waals surface area contributed by atoms with Crippen molar-refractivity contribution in [3.63, 3.8) is 0 Å². The van der Waals surface area contributed by atoms with Gasteiger partial charge in [-0.05, 0) is 51.0 Å². The van der Waals surface area contributed by atoms with Crippen LogP contribution in [0.15, 0.2) is 48.5 Å². The van der Waals surface area contributed by atoms with Gasteiger partial charge in [0.25, 0.3) is 0 Å². The molecule has 0 radical (unpaired) electrons. The summed E-state index contributed by atoms with van der Waals surface area (Å²) in [5.74, 6) is 0. The van der Waals surface area contributed by atoms with Crippen molar-refractivity contribution >= 4 is 23.2 Å². The lowest BCUT2D eigenvalue weighted by Crippen LogP contribution is -2.63. The Morgan fingerprint density at radius 3 is 1.78 bits per heavy atom. The molecule has 0 amide bonds. The van der Waals surface area contributed by atoms with Crippen molar-refractivity contribution in [3.8, 4) is 0 Å². The Hall–Kier alpha value is -1.02. The molecular weight excluding hydrogens is 325 g/mol. The zero-order valence-corrected chi connectivity index (χ0v) is 15.6. The van der Waals surface area contributed by atoms with Gasteiger partial charge in [0.05, 0.1) is 17.0 Å². The largest absolute Gasteiger partial charge is 0.283 e. The van der Waals surface area contributed by atoms with Gasteiger partial charge in [-0.25, -0.2) is 0 Å². The number of nitrogens with zero attached hydrogens (tertiary/aromatic N) is 1. The van der Waals surface area contributed by atoms with Crippen LogP contribution in [0.3, 0.4) is 0 Å². The third-order valence-corrected chi connectivity index (χ3v) is 5.51. The van der Waals surface area contributed by atoms with Gasteiger partial charge in [-0.2, -0.15) is 0 Å². The Balaban J connectivity index is 1.99. The first-order valence-electron chi connectivity index (χ1n) is 8.10. The third kappa shape index (κ3) is 2.91. The normalized spacial score (nSPS) is 28.0. The van der Waals surface area contributed by atoms with Crippen molar-refractivity contribution in [2.45, 2.75) is 50.7 Å². The second kappa shape index (κ2) is 6.12. The summed E-state index contributed by atoms with van der Waals surface area (Å²) in [6.07, 6.45) is 0. The molecule has 1 fully saturated rings. The van der Waals surface area contributed by atoms with E-state index >= 15 is 0 Å². The first kappa shape index (κ1) is 16.8. The van der Waals surface area contributed by atoms with Gasteiger partial charge in [-0.1, -0.05) is 53.6 Å². The van der Waals surface area contributed by atoms with Crippen LogP contribution >= 0.6 is 23.2 Å². The molecule has 3 rings (SSSR count). The lowest BCUT2D eigenvalue weighted by molar-refractivity contribution is -0.0580. The Morgan fingerprint density at radius 2 is 1.35 bits per heavy atom. The van der Waals surface area contributed by atoms with Gasteiger partial charge in [0.2, 0.25) is 0 Å². The first-order chi connectivity index (χ1) is 10.8. The molecule has 1 aliphatic rings. The summed E-state index contributed by atoms with van der Waals surface area (Å²) < 4.78 is 0. The van der Waals surface area contributed by atoms with Crippen LogP contribution in [0.2, 0.25) is 5.02 Å². The predicted molar refractivity (Wildman–Crippen MR) is 99.3 cm³/mol. The number of likely N-dealkylation sites (tertiary alicyclic amines) is 1. The minimum atomic E-state index is -0.340. The summed E-state index contributed by atoms with van der Waals surface area (Å²) in [7, 11) is 0. The predicted octanol–water partition coefficient (Wildman–Crippen LogP) is 6.15. The third-order valence-electron chi connectivity index (χ3n) is 4.84. The van der Waals surface area contributed by atoms with E-state index in [2.05, 4.69) is 69.0 Å². The molecule has 0 aromatic heterocycles. The highest BCUT2D eigenvalue weighted by molar-refractivity contribution is 6.30. The van der Waals surface area contributed by atoms with Gasteiger partial charge in [-0.3, -0.25) is 4.90 Å². The quantitative estimate of drug-likeness (QED) is 0.601. The van der Waals surface area contributed by atoms with E-state index in [0.717, 1.165) is 5.02 Å².